The lowest BCUT2D eigenvalue weighted by atomic mass is 10.1. The van der Waals surface area contributed by atoms with Crippen molar-refractivity contribution in [1.29, 1.82) is 0 Å². The van der Waals surface area contributed by atoms with Gasteiger partial charge in [0.2, 0.25) is 5.91 Å². The van der Waals surface area contributed by atoms with Crippen LogP contribution in [0.15, 0.2) is 35.3 Å². The van der Waals surface area contributed by atoms with Gasteiger partial charge < -0.3 is 15.8 Å². The number of amides is 1. The third-order valence-electron chi connectivity index (χ3n) is 4.71. The van der Waals surface area contributed by atoms with Crippen molar-refractivity contribution in [2.45, 2.75) is 18.9 Å². The third kappa shape index (κ3) is 3.50. The van der Waals surface area contributed by atoms with Crippen LogP contribution in [0.25, 0.3) is 22.2 Å². The van der Waals surface area contributed by atoms with Gasteiger partial charge in [-0.3, -0.25) is 13.9 Å². The summed E-state index contributed by atoms with van der Waals surface area (Å²) in [4.78, 5) is 40.0. The van der Waals surface area contributed by atoms with E-state index in [-0.39, 0.29) is 24.4 Å². The first-order valence-corrected chi connectivity index (χ1v) is 9.03. The summed E-state index contributed by atoms with van der Waals surface area (Å²) in [5.74, 6) is 0.126. The first-order valence-electron chi connectivity index (χ1n) is 8.65. The van der Waals surface area contributed by atoms with Gasteiger partial charge in [0.05, 0.1) is 22.1 Å². The highest BCUT2D eigenvalue weighted by Crippen LogP contribution is 2.31. The molecule has 0 aliphatic carbocycles. The number of carbonyl (C=O) groups excluding carboxylic acids is 2. The molecule has 0 saturated heterocycles. The normalized spacial score (nSPS) is 12.1. The number of aryl methyl sites for hydroxylation is 1. The maximum atomic E-state index is 12.8. The second kappa shape index (κ2) is 7.85. The molecule has 3 rings (SSSR count). The minimum absolute atomic E-state index is 0.134. The fraction of sp³-hybridized carbons (Fsp3) is 0.263. The topological polar surface area (TPSA) is 112 Å². The van der Waals surface area contributed by atoms with Crippen LogP contribution >= 0.6 is 11.6 Å². The SMILES string of the molecule is CNC(=O)CCC(C=O)n1c(=O)n(C)c2ccc(-c3cc(N)ncc3Cl)cc21. The van der Waals surface area contributed by atoms with Gasteiger partial charge in [-0.15, -0.1) is 0 Å². The largest absolute Gasteiger partial charge is 0.384 e. The average molecular weight is 402 g/mol. The highest BCUT2D eigenvalue weighted by atomic mass is 35.5. The number of fused-ring (bicyclic) bond motifs is 1. The van der Waals surface area contributed by atoms with E-state index in [2.05, 4.69) is 10.3 Å². The van der Waals surface area contributed by atoms with Gasteiger partial charge in [-0.25, -0.2) is 9.78 Å². The number of benzene rings is 1. The molecule has 0 aliphatic heterocycles. The number of carbonyl (C=O) groups is 2. The number of nitrogen functional groups attached to an aromatic ring is 1. The zero-order valence-electron chi connectivity index (χ0n) is 15.5. The molecule has 2 heterocycles. The van der Waals surface area contributed by atoms with Gasteiger partial charge in [-0.05, 0) is 30.2 Å². The Morgan fingerprint density at radius 1 is 1.36 bits per heavy atom. The summed E-state index contributed by atoms with van der Waals surface area (Å²) < 4.78 is 2.88. The minimum Gasteiger partial charge on any atom is -0.384 e. The van der Waals surface area contributed by atoms with E-state index in [9.17, 15) is 14.4 Å². The number of nitrogens with one attached hydrogen (secondary N) is 1. The molecular weight excluding hydrogens is 382 g/mol. The number of nitrogens with two attached hydrogens (primary N) is 1. The van der Waals surface area contributed by atoms with Crippen LogP contribution in [0.4, 0.5) is 5.82 Å². The fourth-order valence-electron chi connectivity index (χ4n) is 3.19. The van der Waals surface area contributed by atoms with Gasteiger partial charge in [0, 0.05) is 32.3 Å². The van der Waals surface area contributed by atoms with Crippen molar-refractivity contribution >= 4 is 40.6 Å². The fourth-order valence-corrected chi connectivity index (χ4v) is 3.41. The Hall–Kier alpha value is -3.13. The van der Waals surface area contributed by atoms with Crippen molar-refractivity contribution in [3.8, 4) is 11.1 Å². The van der Waals surface area contributed by atoms with Crippen LogP contribution < -0.4 is 16.7 Å². The van der Waals surface area contributed by atoms with Crippen molar-refractivity contribution in [1.82, 2.24) is 19.4 Å². The number of aldehydes is 1. The Kier molecular flexibility index (Phi) is 5.51. The molecule has 0 saturated carbocycles. The molecule has 0 fully saturated rings. The average Bonchev–Trinajstić information content (AvgIpc) is 2.94. The molecule has 0 radical (unpaired) electrons. The second-order valence-corrected chi connectivity index (χ2v) is 6.83. The highest BCUT2D eigenvalue weighted by molar-refractivity contribution is 6.33. The van der Waals surface area contributed by atoms with Crippen molar-refractivity contribution in [3.05, 3.63) is 46.0 Å². The smallest absolute Gasteiger partial charge is 0.329 e. The number of pyridine rings is 1. The molecule has 2 aromatic heterocycles. The quantitative estimate of drug-likeness (QED) is 0.612. The maximum absolute atomic E-state index is 12.8. The van der Waals surface area contributed by atoms with E-state index in [1.54, 1.807) is 25.2 Å². The summed E-state index contributed by atoms with van der Waals surface area (Å²) in [6.45, 7) is 0. The summed E-state index contributed by atoms with van der Waals surface area (Å²) >= 11 is 6.26. The molecule has 0 bridgehead atoms. The molecule has 0 aliphatic rings. The summed E-state index contributed by atoms with van der Waals surface area (Å²) in [6.07, 6.45) is 2.50. The van der Waals surface area contributed by atoms with Crippen molar-refractivity contribution in [3.63, 3.8) is 0 Å². The molecule has 1 aromatic carbocycles. The molecule has 0 spiro atoms. The number of imidazole rings is 1. The van der Waals surface area contributed by atoms with Crippen LogP contribution in [-0.4, -0.2) is 33.4 Å². The van der Waals surface area contributed by atoms with Crippen LogP contribution in [0.1, 0.15) is 18.9 Å². The van der Waals surface area contributed by atoms with E-state index < -0.39 is 6.04 Å². The van der Waals surface area contributed by atoms with Crippen molar-refractivity contribution < 1.29 is 9.59 Å². The lowest BCUT2D eigenvalue weighted by molar-refractivity contribution is -0.121. The summed E-state index contributed by atoms with van der Waals surface area (Å²) in [5, 5.41) is 2.94. The van der Waals surface area contributed by atoms with Gasteiger partial charge in [0.25, 0.3) is 0 Å². The maximum Gasteiger partial charge on any atom is 0.329 e. The Morgan fingerprint density at radius 2 is 2.11 bits per heavy atom. The van der Waals surface area contributed by atoms with Crippen molar-refractivity contribution in [2.75, 3.05) is 12.8 Å². The van der Waals surface area contributed by atoms with Crippen LogP contribution in [0.5, 0.6) is 0 Å². The summed E-state index contributed by atoms with van der Waals surface area (Å²) in [7, 11) is 3.16. The molecule has 8 nitrogen and oxygen atoms in total. The molecular formula is C19H20ClN5O3. The number of aromatic nitrogens is 3. The predicted octanol–water partition coefficient (Wildman–Crippen LogP) is 1.90. The van der Waals surface area contributed by atoms with Crippen LogP contribution in [0.2, 0.25) is 5.02 Å². The molecule has 3 aromatic rings. The molecule has 1 atom stereocenters. The van der Waals surface area contributed by atoms with Crippen LogP contribution in [0, 0.1) is 0 Å². The number of hydrogen-bond donors (Lipinski definition) is 2. The number of nitrogens with zero attached hydrogens (tertiary/aromatic N) is 3. The highest BCUT2D eigenvalue weighted by Gasteiger charge is 2.20. The van der Waals surface area contributed by atoms with E-state index >= 15 is 0 Å². The summed E-state index contributed by atoms with van der Waals surface area (Å²) in [5.41, 5.74) is 8.09. The van der Waals surface area contributed by atoms with E-state index in [1.807, 2.05) is 6.07 Å². The van der Waals surface area contributed by atoms with Gasteiger partial charge in [0.1, 0.15) is 12.1 Å². The van der Waals surface area contributed by atoms with Gasteiger partial charge in [-0.1, -0.05) is 17.7 Å². The predicted molar refractivity (Wildman–Crippen MR) is 108 cm³/mol. The Bertz CT molecular complexity index is 1120. The van der Waals surface area contributed by atoms with Gasteiger partial charge in [-0.2, -0.15) is 0 Å². The minimum atomic E-state index is -0.762. The number of rotatable bonds is 6. The molecule has 9 heteroatoms. The van der Waals surface area contributed by atoms with Crippen molar-refractivity contribution in [2.24, 2.45) is 7.05 Å². The number of halogens is 1. The Labute approximate surface area is 165 Å². The first kappa shape index (κ1) is 19.6. The monoisotopic (exact) mass is 401 g/mol. The molecule has 3 N–H and O–H groups in total. The Balaban J connectivity index is 2.16. The molecule has 28 heavy (non-hydrogen) atoms. The zero-order chi connectivity index (χ0) is 20.4. The van der Waals surface area contributed by atoms with E-state index in [0.29, 0.717) is 33.7 Å². The third-order valence-corrected chi connectivity index (χ3v) is 5.01. The Morgan fingerprint density at radius 3 is 2.79 bits per heavy atom. The van der Waals surface area contributed by atoms with Crippen LogP contribution in [0.3, 0.4) is 0 Å². The number of anilines is 1. The second-order valence-electron chi connectivity index (χ2n) is 6.42. The van der Waals surface area contributed by atoms with E-state index in [0.717, 1.165) is 5.56 Å². The standard InChI is InChI=1S/C19H20ClN5O3/c1-22-18(27)6-4-12(10-26)25-16-7-11(3-5-15(16)24(2)19(25)28)13-8-17(21)23-9-14(13)20/h3,5,7-10,12H,4,6H2,1-2H3,(H2,21,23)(H,22,27). The van der Waals surface area contributed by atoms with E-state index in [1.165, 1.54) is 22.4 Å². The van der Waals surface area contributed by atoms with E-state index in [4.69, 9.17) is 17.3 Å². The zero-order valence-corrected chi connectivity index (χ0v) is 16.2. The number of hydrogen-bond acceptors (Lipinski definition) is 5. The van der Waals surface area contributed by atoms with Crippen LogP contribution in [-0.2, 0) is 16.6 Å². The van der Waals surface area contributed by atoms with Gasteiger partial charge >= 0.3 is 5.69 Å². The molecule has 146 valence electrons. The lowest BCUT2D eigenvalue weighted by Gasteiger charge is -2.13. The lowest BCUT2D eigenvalue weighted by Crippen LogP contribution is -2.28. The first-order chi connectivity index (χ1) is 13.4. The molecule has 1 unspecified atom stereocenters. The molecule has 1 amide bonds. The summed E-state index contributed by atoms with van der Waals surface area (Å²) in [6, 6.07) is 6.29. The van der Waals surface area contributed by atoms with Gasteiger partial charge in [0.15, 0.2) is 0 Å².